The van der Waals surface area contributed by atoms with Crippen LogP contribution in [0.3, 0.4) is 0 Å². The minimum atomic E-state index is 0.0513. The SMILES string of the molecule is CC(=O)CC(/C=C/c1ccc(Cl)cc1)c1ccc(Cl)cc1. The largest absolute Gasteiger partial charge is 0.300 e. The molecular formula is C18H16Cl2O. The van der Waals surface area contributed by atoms with Gasteiger partial charge in [-0.1, -0.05) is 59.6 Å². The van der Waals surface area contributed by atoms with Crippen LogP contribution in [-0.2, 0) is 4.79 Å². The zero-order valence-corrected chi connectivity index (χ0v) is 13.2. The smallest absolute Gasteiger partial charge is 0.130 e. The van der Waals surface area contributed by atoms with Crippen molar-refractivity contribution in [2.45, 2.75) is 19.3 Å². The van der Waals surface area contributed by atoms with Crippen molar-refractivity contribution < 1.29 is 4.79 Å². The molecular weight excluding hydrogens is 303 g/mol. The summed E-state index contributed by atoms with van der Waals surface area (Å²) in [5.74, 6) is 0.214. The molecule has 0 fully saturated rings. The molecule has 21 heavy (non-hydrogen) atoms. The topological polar surface area (TPSA) is 17.1 Å². The molecule has 0 saturated carbocycles. The maximum atomic E-state index is 11.5. The normalized spacial score (nSPS) is 12.5. The number of allylic oxidation sites excluding steroid dienone is 1. The monoisotopic (exact) mass is 318 g/mol. The molecule has 0 aliphatic rings. The molecule has 0 amide bonds. The minimum absolute atomic E-state index is 0.0513. The Labute approximate surface area is 135 Å². The maximum absolute atomic E-state index is 11.5. The van der Waals surface area contributed by atoms with Crippen LogP contribution >= 0.6 is 23.2 Å². The van der Waals surface area contributed by atoms with Gasteiger partial charge < -0.3 is 0 Å². The van der Waals surface area contributed by atoms with E-state index in [9.17, 15) is 4.79 Å². The number of carbonyl (C=O) groups is 1. The van der Waals surface area contributed by atoms with Crippen LogP contribution in [0.25, 0.3) is 6.08 Å². The van der Waals surface area contributed by atoms with Crippen molar-refractivity contribution >= 4 is 35.1 Å². The molecule has 0 aromatic heterocycles. The molecule has 0 aliphatic carbocycles. The van der Waals surface area contributed by atoms with E-state index in [1.54, 1.807) is 6.92 Å². The highest BCUT2D eigenvalue weighted by Crippen LogP contribution is 2.24. The van der Waals surface area contributed by atoms with Crippen molar-refractivity contribution in [2.24, 2.45) is 0 Å². The number of hydrogen-bond donors (Lipinski definition) is 0. The Bertz CT molecular complexity index is 627. The molecule has 0 radical (unpaired) electrons. The van der Waals surface area contributed by atoms with Gasteiger partial charge in [-0.25, -0.2) is 0 Å². The Morgan fingerprint density at radius 1 is 1.00 bits per heavy atom. The summed E-state index contributed by atoms with van der Waals surface area (Å²) in [7, 11) is 0. The third kappa shape index (κ3) is 5.04. The highest BCUT2D eigenvalue weighted by Gasteiger charge is 2.10. The van der Waals surface area contributed by atoms with Gasteiger partial charge in [0.05, 0.1) is 0 Å². The molecule has 1 unspecified atom stereocenters. The Balaban J connectivity index is 2.21. The van der Waals surface area contributed by atoms with Gasteiger partial charge in [-0.05, 0) is 42.3 Å². The summed E-state index contributed by atoms with van der Waals surface area (Å²) in [6, 6.07) is 15.2. The number of halogens is 2. The third-order valence-electron chi connectivity index (χ3n) is 3.20. The molecule has 0 saturated heterocycles. The average Bonchev–Trinajstić information content (AvgIpc) is 2.46. The number of benzene rings is 2. The molecule has 2 aromatic carbocycles. The predicted octanol–water partition coefficient (Wildman–Crippen LogP) is 5.77. The van der Waals surface area contributed by atoms with Gasteiger partial charge in [-0.2, -0.15) is 0 Å². The molecule has 0 aliphatic heterocycles. The predicted molar refractivity (Wildman–Crippen MR) is 90.0 cm³/mol. The van der Waals surface area contributed by atoms with Crippen LogP contribution in [0.1, 0.15) is 30.4 Å². The summed E-state index contributed by atoms with van der Waals surface area (Å²) in [4.78, 5) is 11.5. The van der Waals surface area contributed by atoms with Crippen LogP contribution in [0.2, 0.25) is 10.0 Å². The molecule has 0 spiro atoms. The Hall–Kier alpha value is -1.57. The summed E-state index contributed by atoms with van der Waals surface area (Å²) in [6.45, 7) is 1.61. The van der Waals surface area contributed by atoms with Gasteiger partial charge in [0.1, 0.15) is 5.78 Å². The zero-order valence-electron chi connectivity index (χ0n) is 11.7. The second kappa shape index (κ2) is 7.44. The van der Waals surface area contributed by atoms with Crippen molar-refractivity contribution in [3.63, 3.8) is 0 Å². The van der Waals surface area contributed by atoms with E-state index in [4.69, 9.17) is 23.2 Å². The van der Waals surface area contributed by atoms with Gasteiger partial charge in [-0.3, -0.25) is 4.79 Å². The first-order valence-electron chi connectivity index (χ1n) is 6.73. The maximum Gasteiger partial charge on any atom is 0.130 e. The number of carbonyl (C=O) groups excluding carboxylic acids is 1. The lowest BCUT2D eigenvalue weighted by atomic mass is 9.93. The van der Waals surface area contributed by atoms with Crippen LogP contribution in [0.4, 0.5) is 0 Å². The van der Waals surface area contributed by atoms with Crippen molar-refractivity contribution in [2.75, 3.05) is 0 Å². The van der Waals surface area contributed by atoms with E-state index in [-0.39, 0.29) is 11.7 Å². The van der Waals surface area contributed by atoms with Gasteiger partial charge >= 0.3 is 0 Å². The Morgan fingerprint density at radius 3 is 2.05 bits per heavy atom. The fourth-order valence-corrected chi connectivity index (χ4v) is 2.37. The highest BCUT2D eigenvalue weighted by atomic mass is 35.5. The molecule has 1 atom stereocenters. The number of rotatable bonds is 5. The van der Waals surface area contributed by atoms with Gasteiger partial charge in [0.2, 0.25) is 0 Å². The quantitative estimate of drug-likeness (QED) is 0.684. The van der Waals surface area contributed by atoms with E-state index in [0.717, 1.165) is 11.1 Å². The average molecular weight is 319 g/mol. The fourth-order valence-electron chi connectivity index (χ4n) is 2.12. The lowest BCUT2D eigenvalue weighted by Crippen LogP contribution is -2.01. The van der Waals surface area contributed by atoms with Crippen molar-refractivity contribution in [1.82, 2.24) is 0 Å². The van der Waals surface area contributed by atoms with Crippen LogP contribution in [0.5, 0.6) is 0 Å². The number of ketones is 1. The third-order valence-corrected chi connectivity index (χ3v) is 3.70. The summed E-state index contributed by atoms with van der Waals surface area (Å²) < 4.78 is 0. The van der Waals surface area contributed by atoms with E-state index >= 15 is 0 Å². The van der Waals surface area contributed by atoms with E-state index < -0.39 is 0 Å². The molecule has 1 nitrogen and oxygen atoms in total. The molecule has 0 bridgehead atoms. The minimum Gasteiger partial charge on any atom is -0.300 e. The fraction of sp³-hybridized carbons (Fsp3) is 0.167. The Kier molecular flexibility index (Phi) is 5.60. The zero-order chi connectivity index (χ0) is 15.2. The van der Waals surface area contributed by atoms with Crippen molar-refractivity contribution in [3.05, 3.63) is 75.8 Å². The summed E-state index contributed by atoms with van der Waals surface area (Å²) in [5.41, 5.74) is 2.14. The first kappa shape index (κ1) is 15.8. The first-order chi connectivity index (χ1) is 10.0. The van der Waals surface area contributed by atoms with E-state index in [2.05, 4.69) is 0 Å². The van der Waals surface area contributed by atoms with Gasteiger partial charge in [0.25, 0.3) is 0 Å². The Morgan fingerprint density at radius 2 is 1.52 bits per heavy atom. The van der Waals surface area contributed by atoms with Crippen molar-refractivity contribution in [3.8, 4) is 0 Å². The lowest BCUT2D eigenvalue weighted by Gasteiger charge is -2.11. The second-order valence-electron chi connectivity index (χ2n) is 4.97. The molecule has 0 N–H and O–H groups in total. The van der Waals surface area contributed by atoms with Gasteiger partial charge in [0.15, 0.2) is 0 Å². The van der Waals surface area contributed by atoms with E-state index in [1.165, 1.54) is 0 Å². The van der Waals surface area contributed by atoms with Gasteiger partial charge in [0, 0.05) is 22.4 Å². The lowest BCUT2D eigenvalue weighted by molar-refractivity contribution is -0.117. The first-order valence-corrected chi connectivity index (χ1v) is 7.49. The molecule has 2 rings (SSSR count). The van der Waals surface area contributed by atoms with Crippen LogP contribution in [0.15, 0.2) is 54.6 Å². The van der Waals surface area contributed by atoms with Gasteiger partial charge in [-0.15, -0.1) is 0 Å². The van der Waals surface area contributed by atoms with Crippen LogP contribution in [-0.4, -0.2) is 5.78 Å². The van der Waals surface area contributed by atoms with Crippen LogP contribution < -0.4 is 0 Å². The summed E-state index contributed by atoms with van der Waals surface area (Å²) >= 11 is 11.8. The molecule has 2 aromatic rings. The van der Waals surface area contributed by atoms with Crippen molar-refractivity contribution in [1.29, 1.82) is 0 Å². The number of Topliss-reactive ketones (excluding diaryl/α,β-unsaturated/α-hetero) is 1. The summed E-state index contributed by atoms with van der Waals surface area (Å²) in [6.07, 6.45) is 4.54. The highest BCUT2D eigenvalue weighted by molar-refractivity contribution is 6.30. The molecule has 0 heterocycles. The van der Waals surface area contributed by atoms with Crippen LogP contribution in [0, 0.1) is 0 Å². The number of hydrogen-bond acceptors (Lipinski definition) is 1. The molecule has 3 heteroatoms. The van der Waals surface area contributed by atoms with E-state index in [0.29, 0.717) is 16.5 Å². The van der Waals surface area contributed by atoms with E-state index in [1.807, 2.05) is 60.7 Å². The second-order valence-corrected chi connectivity index (χ2v) is 5.85. The molecule has 108 valence electrons. The standard InChI is InChI=1S/C18H16Cl2O/c1-13(21)12-16(15-6-10-18(20)11-7-15)5-2-14-3-8-17(19)9-4-14/h2-11,16H,12H2,1H3/b5-2+. The summed E-state index contributed by atoms with van der Waals surface area (Å²) in [5, 5.41) is 1.41.